The van der Waals surface area contributed by atoms with Gasteiger partial charge in [0.15, 0.2) is 5.96 Å². The summed E-state index contributed by atoms with van der Waals surface area (Å²) in [5.74, 6) is 0.770. The fourth-order valence-electron chi connectivity index (χ4n) is 2.56. The van der Waals surface area contributed by atoms with Crippen LogP contribution in [0.1, 0.15) is 23.9 Å². The summed E-state index contributed by atoms with van der Waals surface area (Å²) in [4.78, 5) is 9.25. The molecule has 2 aromatic heterocycles. The average Bonchev–Trinajstić information content (AvgIpc) is 3.03. The van der Waals surface area contributed by atoms with Crippen LogP contribution in [0.25, 0.3) is 5.65 Å². The van der Waals surface area contributed by atoms with Crippen molar-refractivity contribution in [1.29, 1.82) is 0 Å². The molecule has 0 aliphatic carbocycles. The van der Waals surface area contributed by atoms with Gasteiger partial charge in [-0.3, -0.25) is 0 Å². The first-order valence-corrected chi connectivity index (χ1v) is 8.73. The maximum Gasteiger partial charge on any atom is 0.191 e. The molecule has 0 amide bonds. The van der Waals surface area contributed by atoms with Crippen molar-refractivity contribution < 1.29 is 0 Å². The van der Waals surface area contributed by atoms with E-state index in [1.54, 1.807) is 0 Å². The number of hydrogen-bond acceptors (Lipinski definition) is 2. The Morgan fingerprint density at radius 2 is 1.96 bits per heavy atom. The maximum atomic E-state index is 5.92. The van der Waals surface area contributed by atoms with E-state index in [4.69, 9.17) is 11.6 Å². The zero-order chi connectivity index (χ0) is 17.6. The van der Waals surface area contributed by atoms with Crippen molar-refractivity contribution in [2.75, 3.05) is 6.54 Å². The smallest absolute Gasteiger partial charge is 0.191 e. The molecule has 0 unspecified atom stereocenters. The number of nitrogens with one attached hydrogen (secondary N) is 2. The number of pyridine rings is 1. The fourth-order valence-corrected chi connectivity index (χ4v) is 2.69. The lowest BCUT2D eigenvalue weighted by Crippen LogP contribution is -2.36. The van der Waals surface area contributed by atoms with Gasteiger partial charge in [-0.1, -0.05) is 29.8 Å². The molecule has 25 heavy (non-hydrogen) atoms. The van der Waals surface area contributed by atoms with Crippen molar-refractivity contribution in [3.8, 4) is 0 Å². The molecule has 0 saturated heterocycles. The third kappa shape index (κ3) is 4.51. The summed E-state index contributed by atoms with van der Waals surface area (Å²) in [5.41, 5.74) is 4.22. The van der Waals surface area contributed by atoms with E-state index >= 15 is 0 Å². The summed E-state index contributed by atoms with van der Waals surface area (Å²) in [5, 5.41) is 7.33. The first-order chi connectivity index (χ1) is 12.2. The summed E-state index contributed by atoms with van der Waals surface area (Å²) in [6.07, 6.45) is 2.06. The van der Waals surface area contributed by atoms with Gasteiger partial charge in [-0.2, -0.15) is 0 Å². The lowest BCUT2D eigenvalue weighted by molar-refractivity contribution is 0.804. The highest BCUT2D eigenvalue weighted by Crippen LogP contribution is 2.10. The normalized spacial score (nSPS) is 11.7. The molecule has 2 N–H and O–H groups in total. The Balaban J connectivity index is 1.67. The Morgan fingerprint density at radius 3 is 2.68 bits per heavy atom. The molecule has 0 radical (unpaired) electrons. The Bertz CT molecular complexity index is 867. The van der Waals surface area contributed by atoms with E-state index in [2.05, 4.69) is 44.2 Å². The third-order valence-corrected chi connectivity index (χ3v) is 4.11. The predicted molar refractivity (Wildman–Crippen MR) is 103 cm³/mol. The van der Waals surface area contributed by atoms with Crippen molar-refractivity contribution in [1.82, 2.24) is 20.0 Å². The van der Waals surface area contributed by atoms with Gasteiger partial charge in [0.1, 0.15) is 5.65 Å². The van der Waals surface area contributed by atoms with Crippen LogP contribution in [-0.4, -0.2) is 21.9 Å². The van der Waals surface area contributed by atoms with Crippen molar-refractivity contribution in [2.24, 2.45) is 4.99 Å². The summed E-state index contributed by atoms with van der Waals surface area (Å²) >= 11 is 5.92. The van der Waals surface area contributed by atoms with Crippen LogP contribution in [0, 0.1) is 6.92 Å². The van der Waals surface area contributed by atoms with Crippen LogP contribution in [0.2, 0.25) is 5.02 Å². The zero-order valence-electron chi connectivity index (χ0n) is 14.5. The van der Waals surface area contributed by atoms with Gasteiger partial charge in [-0.25, -0.2) is 9.98 Å². The minimum Gasteiger partial charge on any atom is -0.357 e. The van der Waals surface area contributed by atoms with Crippen molar-refractivity contribution in [3.63, 3.8) is 0 Å². The van der Waals surface area contributed by atoms with Gasteiger partial charge in [0.05, 0.1) is 18.8 Å². The molecule has 6 heteroatoms. The number of benzene rings is 1. The first kappa shape index (κ1) is 17.3. The van der Waals surface area contributed by atoms with Crippen molar-refractivity contribution >= 4 is 23.2 Å². The number of guanidine groups is 1. The highest BCUT2D eigenvalue weighted by Gasteiger charge is 2.04. The number of aliphatic imine (C=N–C) groups is 1. The molecule has 1 aromatic carbocycles. The number of aryl methyl sites for hydroxylation is 1. The quantitative estimate of drug-likeness (QED) is 0.543. The van der Waals surface area contributed by atoms with Gasteiger partial charge in [0.2, 0.25) is 0 Å². The molecular weight excluding hydrogens is 334 g/mol. The van der Waals surface area contributed by atoms with Gasteiger partial charge in [0.25, 0.3) is 0 Å². The van der Waals surface area contributed by atoms with Gasteiger partial charge in [-0.05, 0) is 43.7 Å². The first-order valence-electron chi connectivity index (χ1n) is 8.36. The number of hydrogen-bond donors (Lipinski definition) is 2. The summed E-state index contributed by atoms with van der Waals surface area (Å²) < 4.78 is 2.09. The topological polar surface area (TPSA) is 53.7 Å². The predicted octanol–water partition coefficient (Wildman–Crippen LogP) is 3.55. The standard InChI is InChI=1S/C19H22ClN5/c1-3-21-19(22-11-15-7-9-16(20)10-8-15)23-12-17-13-25-14(2)5-4-6-18(25)24-17/h4-10,13H,3,11-12H2,1-2H3,(H2,21,22,23). The highest BCUT2D eigenvalue weighted by molar-refractivity contribution is 6.30. The molecular formula is C19H22ClN5. The van der Waals surface area contributed by atoms with Crippen LogP contribution in [0.15, 0.2) is 53.7 Å². The Hall–Kier alpha value is -2.53. The number of fused-ring (bicyclic) bond motifs is 1. The third-order valence-electron chi connectivity index (χ3n) is 3.86. The van der Waals surface area contributed by atoms with Crippen LogP contribution >= 0.6 is 11.6 Å². The van der Waals surface area contributed by atoms with Gasteiger partial charge >= 0.3 is 0 Å². The summed E-state index contributed by atoms with van der Waals surface area (Å²) in [6.45, 7) is 6.14. The lowest BCUT2D eigenvalue weighted by Gasteiger charge is -2.10. The Labute approximate surface area is 152 Å². The molecule has 0 aliphatic rings. The zero-order valence-corrected chi connectivity index (χ0v) is 15.2. The second-order valence-electron chi connectivity index (χ2n) is 5.80. The van der Waals surface area contributed by atoms with E-state index in [0.717, 1.165) is 34.4 Å². The van der Waals surface area contributed by atoms with E-state index in [-0.39, 0.29) is 0 Å². The fraction of sp³-hybridized carbons (Fsp3) is 0.263. The second kappa shape index (κ2) is 8.03. The van der Waals surface area contributed by atoms with Gasteiger partial charge in [0, 0.05) is 23.5 Å². The second-order valence-corrected chi connectivity index (χ2v) is 6.24. The van der Waals surface area contributed by atoms with Gasteiger partial charge < -0.3 is 15.0 Å². The van der Waals surface area contributed by atoms with Crippen LogP contribution in [0.5, 0.6) is 0 Å². The SMILES string of the molecule is CCNC(=NCc1ccc(Cl)cc1)NCc1cn2c(C)cccc2n1. The van der Waals surface area contributed by atoms with Crippen molar-refractivity contribution in [2.45, 2.75) is 26.9 Å². The van der Waals surface area contributed by atoms with Crippen molar-refractivity contribution in [3.05, 3.63) is 70.6 Å². The lowest BCUT2D eigenvalue weighted by atomic mass is 10.2. The molecule has 0 bridgehead atoms. The number of aromatic nitrogens is 2. The van der Waals surface area contributed by atoms with E-state index in [1.807, 2.05) is 43.3 Å². The number of halogens is 1. The molecule has 130 valence electrons. The van der Waals surface area contributed by atoms with Crippen LogP contribution in [-0.2, 0) is 13.1 Å². The Kier molecular flexibility index (Phi) is 5.56. The number of nitrogens with zero attached hydrogens (tertiary/aromatic N) is 3. The van der Waals surface area contributed by atoms with Crippen LogP contribution < -0.4 is 10.6 Å². The average molecular weight is 356 g/mol. The van der Waals surface area contributed by atoms with E-state index in [0.29, 0.717) is 13.1 Å². The molecule has 3 rings (SSSR count). The molecule has 2 heterocycles. The largest absolute Gasteiger partial charge is 0.357 e. The minimum absolute atomic E-state index is 0.594. The minimum atomic E-state index is 0.594. The molecule has 0 spiro atoms. The monoisotopic (exact) mass is 355 g/mol. The van der Waals surface area contributed by atoms with Crippen LogP contribution in [0.4, 0.5) is 0 Å². The highest BCUT2D eigenvalue weighted by atomic mass is 35.5. The van der Waals surface area contributed by atoms with E-state index in [1.165, 1.54) is 5.69 Å². The Morgan fingerprint density at radius 1 is 1.16 bits per heavy atom. The van der Waals surface area contributed by atoms with Crippen LogP contribution in [0.3, 0.4) is 0 Å². The molecule has 0 atom stereocenters. The maximum absolute atomic E-state index is 5.92. The molecule has 5 nitrogen and oxygen atoms in total. The van der Waals surface area contributed by atoms with Gasteiger partial charge in [-0.15, -0.1) is 0 Å². The molecule has 3 aromatic rings. The molecule has 0 aliphatic heterocycles. The van der Waals surface area contributed by atoms with E-state index in [9.17, 15) is 0 Å². The van der Waals surface area contributed by atoms with E-state index < -0.39 is 0 Å². The molecule has 0 saturated carbocycles. The summed E-state index contributed by atoms with van der Waals surface area (Å²) in [7, 11) is 0. The summed E-state index contributed by atoms with van der Waals surface area (Å²) in [6, 6.07) is 13.8. The number of rotatable bonds is 5. The number of imidazole rings is 1. The molecule has 0 fully saturated rings.